The third-order valence-electron chi connectivity index (χ3n) is 6.46. The van der Waals surface area contributed by atoms with Gasteiger partial charge in [0.1, 0.15) is 22.7 Å². The van der Waals surface area contributed by atoms with E-state index in [9.17, 15) is 4.79 Å². The van der Waals surface area contributed by atoms with Crippen molar-refractivity contribution >= 4 is 6.09 Å². The van der Waals surface area contributed by atoms with Crippen LogP contribution in [0.25, 0.3) is 0 Å². The molecule has 1 aliphatic rings. The number of likely N-dealkylation sites (tertiary alicyclic amines) is 1. The van der Waals surface area contributed by atoms with Gasteiger partial charge in [0, 0.05) is 6.54 Å². The van der Waals surface area contributed by atoms with Crippen molar-refractivity contribution in [2.24, 2.45) is 5.73 Å². The van der Waals surface area contributed by atoms with Gasteiger partial charge in [-0.2, -0.15) is 0 Å². The van der Waals surface area contributed by atoms with Crippen LogP contribution in [-0.4, -0.2) is 56.0 Å². The summed E-state index contributed by atoms with van der Waals surface area (Å²) in [6, 6.07) is 25.3. The van der Waals surface area contributed by atoms with E-state index in [-0.39, 0.29) is 0 Å². The average Bonchev–Trinajstić information content (AvgIpc) is 3.27. The topological polar surface area (TPSA) is 83.2 Å². The maximum atomic E-state index is 12.8. The molecular weight excluding hydrogens is 468 g/mol. The monoisotopic (exact) mass is 504 g/mol. The van der Waals surface area contributed by atoms with Gasteiger partial charge in [0.25, 0.3) is 0 Å². The first-order chi connectivity index (χ1) is 17.7. The van der Waals surface area contributed by atoms with Crippen LogP contribution < -0.4 is 15.2 Å². The summed E-state index contributed by atoms with van der Waals surface area (Å²) in [5.41, 5.74) is 7.74. The molecule has 0 aromatic heterocycles. The number of methoxy groups -OCH3 is 2. The van der Waals surface area contributed by atoms with Crippen molar-refractivity contribution in [2.75, 3.05) is 27.3 Å². The van der Waals surface area contributed by atoms with Crippen LogP contribution in [0.4, 0.5) is 4.79 Å². The molecule has 37 heavy (non-hydrogen) atoms. The van der Waals surface area contributed by atoms with Crippen molar-refractivity contribution in [1.82, 2.24) is 4.90 Å². The lowest BCUT2D eigenvalue weighted by atomic mass is 9.79. The number of benzene rings is 3. The molecule has 1 amide bonds. The second kappa shape index (κ2) is 10.8. The zero-order valence-electron chi connectivity index (χ0n) is 22.1. The van der Waals surface area contributed by atoms with Crippen molar-refractivity contribution in [3.05, 3.63) is 95.6 Å². The number of carbonyl (C=O) groups is 1. The van der Waals surface area contributed by atoms with Crippen molar-refractivity contribution in [3.8, 4) is 11.5 Å². The molecule has 196 valence electrons. The molecule has 0 radical (unpaired) electrons. The SMILES string of the molecule is COc1ccc(C(O[C@H]2CN(C(=O)OC(C)(C)C)C[C@H]2N)(c2ccccc2)c2ccc(OC)cc2)cc1. The molecule has 0 spiro atoms. The number of nitrogens with two attached hydrogens (primary N) is 1. The highest BCUT2D eigenvalue weighted by Gasteiger charge is 2.45. The lowest BCUT2D eigenvalue weighted by molar-refractivity contribution is -0.0483. The van der Waals surface area contributed by atoms with Gasteiger partial charge in [0.05, 0.1) is 32.9 Å². The lowest BCUT2D eigenvalue weighted by Crippen LogP contribution is -2.44. The fraction of sp³-hybridized carbons (Fsp3) is 0.367. The number of nitrogens with zero attached hydrogens (tertiary/aromatic N) is 1. The summed E-state index contributed by atoms with van der Waals surface area (Å²) in [6.45, 7) is 6.21. The first-order valence-corrected chi connectivity index (χ1v) is 12.4. The third-order valence-corrected chi connectivity index (χ3v) is 6.46. The highest BCUT2D eigenvalue weighted by molar-refractivity contribution is 5.68. The minimum Gasteiger partial charge on any atom is -0.497 e. The molecule has 2 N–H and O–H groups in total. The third kappa shape index (κ3) is 5.73. The Morgan fingerprint density at radius 2 is 1.27 bits per heavy atom. The van der Waals surface area contributed by atoms with E-state index in [1.54, 1.807) is 19.1 Å². The predicted octanol–water partition coefficient (Wildman–Crippen LogP) is 4.96. The van der Waals surface area contributed by atoms with E-state index in [0.29, 0.717) is 13.1 Å². The largest absolute Gasteiger partial charge is 0.497 e. The normalized spacial score (nSPS) is 17.9. The van der Waals surface area contributed by atoms with Crippen molar-refractivity contribution in [1.29, 1.82) is 0 Å². The van der Waals surface area contributed by atoms with E-state index >= 15 is 0 Å². The summed E-state index contributed by atoms with van der Waals surface area (Å²) in [6.07, 6.45) is -0.842. The smallest absolute Gasteiger partial charge is 0.410 e. The molecule has 0 unspecified atom stereocenters. The predicted molar refractivity (Wildman–Crippen MR) is 143 cm³/mol. The van der Waals surface area contributed by atoms with Crippen LogP contribution in [0.2, 0.25) is 0 Å². The zero-order chi connectivity index (χ0) is 26.6. The Kier molecular flexibility index (Phi) is 7.76. The van der Waals surface area contributed by atoms with Crippen molar-refractivity contribution < 1.29 is 23.7 Å². The number of ether oxygens (including phenoxy) is 4. The molecule has 0 aliphatic carbocycles. The maximum Gasteiger partial charge on any atom is 0.410 e. The molecule has 1 fully saturated rings. The molecule has 3 aromatic rings. The molecule has 0 saturated carbocycles. The molecule has 7 nitrogen and oxygen atoms in total. The summed E-state index contributed by atoms with van der Waals surface area (Å²) in [4.78, 5) is 14.5. The van der Waals surface area contributed by atoms with E-state index in [1.165, 1.54) is 0 Å². The lowest BCUT2D eigenvalue weighted by Gasteiger charge is -2.39. The second-order valence-corrected chi connectivity index (χ2v) is 10.2. The first-order valence-electron chi connectivity index (χ1n) is 12.4. The summed E-state index contributed by atoms with van der Waals surface area (Å²) in [5.74, 6) is 1.49. The molecule has 1 saturated heterocycles. The van der Waals surface area contributed by atoms with Gasteiger partial charge >= 0.3 is 6.09 Å². The fourth-order valence-electron chi connectivity index (χ4n) is 4.65. The Labute approximate surface area is 219 Å². The van der Waals surface area contributed by atoms with E-state index in [1.807, 2.05) is 99.6 Å². The number of amides is 1. The van der Waals surface area contributed by atoms with Gasteiger partial charge in [-0.25, -0.2) is 4.79 Å². The Balaban J connectivity index is 1.81. The number of hydrogen-bond donors (Lipinski definition) is 1. The molecule has 0 bridgehead atoms. The molecule has 7 heteroatoms. The highest BCUT2D eigenvalue weighted by Crippen LogP contribution is 2.43. The summed E-state index contributed by atoms with van der Waals surface area (Å²) in [7, 11) is 3.28. The Hall–Kier alpha value is -3.55. The first kappa shape index (κ1) is 26.5. The van der Waals surface area contributed by atoms with Crippen LogP contribution in [0.3, 0.4) is 0 Å². The van der Waals surface area contributed by atoms with E-state index in [4.69, 9.17) is 24.7 Å². The van der Waals surface area contributed by atoms with Crippen LogP contribution in [0.5, 0.6) is 11.5 Å². The molecule has 1 heterocycles. The molecular formula is C30H36N2O5. The summed E-state index contributed by atoms with van der Waals surface area (Å²) >= 11 is 0. The van der Waals surface area contributed by atoms with Gasteiger partial charge in [0.2, 0.25) is 0 Å². The number of rotatable bonds is 7. The Morgan fingerprint density at radius 1 is 0.784 bits per heavy atom. The van der Waals surface area contributed by atoms with Crippen LogP contribution in [-0.2, 0) is 15.1 Å². The highest BCUT2D eigenvalue weighted by atomic mass is 16.6. The molecule has 3 aromatic carbocycles. The van der Waals surface area contributed by atoms with Gasteiger partial charge in [-0.3, -0.25) is 0 Å². The van der Waals surface area contributed by atoms with Crippen molar-refractivity contribution in [2.45, 2.75) is 44.1 Å². The van der Waals surface area contributed by atoms with Crippen LogP contribution >= 0.6 is 0 Å². The second-order valence-electron chi connectivity index (χ2n) is 10.2. The van der Waals surface area contributed by atoms with Crippen LogP contribution in [0, 0.1) is 0 Å². The van der Waals surface area contributed by atoms with Gasteiger partial charge < -0.3 is 29.6 Å². The molecule has 2 atom stereocenters. The van der Waals surface area contributed by atoms with E-state index in [0.717, 1.165) is 28.2 Å². The van der Waals surface area contributed by atoms with Gasteiger partial charge in [-0.1, -0.05) is 54.6 Å². The Morgan fingerprint density at radius 3 is 1.73 bits per heavy atom. The Bertz CT molecular complexity index is 1130. The van der Waals surface area contributed by atoms with E-state index < -0.39 is 29.4 Å². The van der Waals surface area contributed by atoms with Crippen LogP contribution in [0.1, 0.15) is 37.5 Å². The summed E-state index contributed by atoms with van der Waals surface area (Å²) in [5, 5.41) is 0. The average molecular weight is 505 g/mol. The minimum absolute atomic E-state index is 0.316. The fourth-order valence-corrected chi connectivity index (χ4v) is 4.65. The summed E-state index contributed by atoms with van der Waals surface area (Å²) < 4.78 is 23.5. The number of carbonyl (C=O) groups excluding carboxylic acids is 1. The quantitative estimate of drug-likeness (QED) is 0.458. The minimum atomic E-state index is -1.01. The molecule has 4 rings (SSSR count). The van der Waals surface area contributed by atoms with Crippen LogP contribution in [0.15, 0.2) is 78.9 Å². The number of hydrogen-bond acceptors (Lipinski definition) is 6. The maximum absolute atomic E-state index is 12.8. The van der Waals surface area contributed by atoms with E-state index in [2.05, 4.69) is 0 Å². The zero-order valence-corrected chi connectivity index (χ0v) is 22.1. The standard InChI is InChI=1S/C30H36N2O5/c1-29(2,3)37-28(33)32-19-26(31)27(20-32)36-30(21-9-7-6-8-10-21,22-11-15-24(34-4)16-12-22)23-13-17-25(35-5)18-14-23/h6-18,26-27H,19-20,31H2,1-5H3/t26-,27+/m1/s1. The van der Waals surface area contributed by atoms with Gasteiger partial charge in [0.15, 0.2) is 0 Å². The van der Waals surface area contributed by atoms with Gasteiger partial charge in [-0.15, -0.1) is 0 Å². The van der Waals surface area contributed by atoms with Gasteiger partial charge in [-0.05, 0) is 61.7 Å². The molecule has 1 aliphatic heterocycles. The van der Waals surface area contributed by atoms with Crippen molar-refractivity contribution in [3.63, 3.8) is 0 Å².